The van der Waals surface area contributed by atoms with Gasteiger partial charge in [0.25, 0.3) is 5.91 Å². The standard InChI is InChI=1S/C16H14BrN3O/c17-9-14(8-12-4-2-1-3-5-12)20-16(21)15-7-6-13(10-18)11-19-15/h1-7,11,14H,8-9H2,(H,20,21). The zero-order chi connectivity index (χ0) is 15.1. The van der Waals surface area contributed by atoms with Gasteiger partial charge in [-0.05, 0) is 24.1 Å². The first kappa shape index (κ1) is 15.2. The highest BCUT2D eigenvalue weighted by Crippen LogP contribution is 2.06. The van der Waals surface area contributed by atoms with Crippen LogP contribution < -0.4 is 5.32 Å². The number of amides is 1. The lowest BCUT2D eigenvalue weighted by molar-refractivity contribution is 0.0936. The number of hydrogen-bond acceptors (Lipinski definition) is 3. The minimum Gasteiger partial charge on any atom is -0.347 e. The first-order valence-electron chi connectivity index (χ1n) is 6.50. The van der Waals surface area contributed by atoms with E-state index in [2.05, 4.69) is 26.2 Å². The minimum absolute atomic E-state index is 0.0163. The Morgan fingerprint density at radius 3 is 2.62 bits per heavy atom. The molecule has 0 saturated heterocycles. The lowest BCUT2D eigenvalue weighted by Gasteiger charge is -2.16. The summed E-state index contributed by atoms with van der Waals surface area (Å²) in [6.45, 7) is 0. The van der Waals surface area contributed by atoms with E-state index in [1.807, 2.05) is 36.4 Å². The summed E-state index contributed by atoms with van der Waals surface area (Å²) in [6.07, 6.45) is 2.14. The Morgan fingerprint density at radius 2 is 2.05 bits per heavy atom. The Labute approximate surface area is 132 Å². The van der Waals surface area contributed by atoms with Gasteiger partial charge in [0, 0.05) is 17.6 Å². The van der Waals surface area contributed by atoms with Gasteiger partial charge in [-0.25, -0.2) is 4.98 Å². The predicted octanol–water partition coefficient (Wildman–Crippen LogP) is 2.69. The van der Waals surface area contributed by atoms with Crippen LogP contribution in [0.2, 0.25) is 0 Å². The highest BCUT2D eigenvalue weighted by molar-refractivity contribution is 9.09. The van der Waals surface area contributed by atoms with E-state index in [1.165, 1.54) is 6.20 Å². The average Bonchev–Trinajstić information content (AvgIpc) is 2.55. The van der Waals surface area contributed by atoms with Crippen LogP contribution in [0.25, 0.3) is 0 Å². The number of nitriles is 1. The van der Waals surface area contributed by atoms with Crippen molar-refractivity contribution in [2.24, 2.45) is 0 Å². The summed E-state index contributed by atoms with van der Waals surface area (Å²) in [7, 11) is 0. The molecule has 1 aromatic carbocycles. The molecule has 4 nitrogen and oxygen atoms in total. The topological polar surface area (TPSA) is 65.8 Å². The molecule has 1 unspecified atom stereocenters. The number of carbonyl (C=O) groups excluding carboxylic acids is 1. The normalized spacial score (nSPS) is 11.4. The summed E-state index contributed by atoms with van der Waals surface area (Å²) >= 11 is 3.42. The van der Waals surface area contributed by atoms with E-state index in [1.54, 1.807) is 12.1 Å². The zero-order valence-electron chi connectivity index (χ0n) is 11.3. The number of halogens is 1. The second kappa shape index (κ2) is 7.55. The van der Waals surface area contributed by atoms with Crippen LogP contribution in [0.4, 0.5) is 0 Å². The molecule has 2 aromatic rings. The van der Waals surface area contributed by atoms with E-state index in [-0.39, 0.29) is 11.9 Å². The third kappa shape index (κ3) is 4.40. The quantitative estimate of drug-likeness (QED) is 0.848. The van der Waals surface area contributed by atoms with Crippen molar-refractivity contribution in [1.29, 1.82) is 5.26 Å². The SMILES string of the molecule is N#Cc1ccc(C(=O)NC(CBr)Cc2ccccc2)nc1. The van der Waals surface area contributed by atoms with E-state index in [0.717, 1.165) is 12.0 Å². The van der Waals surface area contributed by atoms with Gasteiger partial charge in [-0.15, -0.1) is 0 Å². The number of nitrogens with zero attached hydrogens (tertiary/aromatic N) is 2. The highest BCUT2D eigenvalue weighted by Gasteiger charge is 2.14. The van der Waals surface area contributed by atoms with Crippen LogP contribution in [0.5, 0.6) is 0 Å². The fraction of sp³-hybridized carbons (Fsp3) is 0.188. The zero-order valence-corrected chi connectivity index (χ0v) is 12.9. The second-order valence-corrected chi connectivity index (χ2v) is 5.21. The maximum Gasteiger partial charge on any atom is 0.270 e. The van der Waals surface area contributed by atoms with Crippen molar-refractivity contribution in [2.75, 3.05) is 5.33 Å². The lowest BCUT2D eigenvalue weighted by Crippen LogP contribution is -2.38. The molecule has 0 aliphatic rings. The van der Waals surface area contributed by atoms with E-state index >= 15 is 0 Å². The number of benzene rings is 1. The summed E-state index contributed by atoms with van der Waals surface area (Å²) in [5.41, 5.74) is 1.91. The van der Waals surface area contributed by atoms with Gasteiger partial charge in [-0.2, -0.15) is 5.26 Å². The number of rotatable bonds is 5. The highest BCUT2D eigenvalue weighted by atomic mass is 79.9. The van der Waals surface area contributed by atoms with Gasteiger partial charge >= 0.3 is 0 Å². The van der Waals surface area contributed by atoms with Crippen molar-refractivity contribution in [3.05, 3.63) is 65.5 Å². The van der Waals surface area contributed by atoms with Gasteiger partial charge in [0.15, 0.2) is 0 Å². The molecule has 1 aromatic heterocycles. The monoisotopic (exact) mass is 343 g/mol. The van der Waals surface area contributed by atoms with E-state index in [0.29, 0.717) is 16.6 Å². The Kier molecular flexibility index (Phi) is 5.47. The molecule has 1 amide bonds. The molecule has 0 radical (unpaired) electrons. The second-order valence-electron chi connectivity index (χ2n) is 4.56. The van der Waals surface area contributed by atoms with Gasteiger partial charge in [0.05, 0.1) is 5.56 Å². The Hall–Kier alpha value is -2.19. The summed E-state index contributed by atoms with van der Waals surface area (Å²) < 4.78 is 0. The fourth-order valence-corrected chi connectivity index (χ4v) is 2.29. The smallest absolute Gasteiger partial charge is 0.270 e. The molecule has 21 heavy (non-hydrogen) atoms. The van der Waals surface area contributed by atoms with E-state index in [9.17, 15) is 4.79 Å². The molecule has 0 saturated carbocycles. The number of hydrogen-bond donors (Lipinski definition) is 1. The number of nitrogens with one attached hydrogen (secondary N) is 1. The van der Waals surface area contributed by atoms with Gasteiger partial charge in [0.2, 0.25) is 0 Å². The Morgan fingerprint density at radius 1 is 1.29 bits per heavy atom. The Balaban J connectivity index is 2.00. The van der Waals surface area contributed by atoms with Crippen molar-refractivity contribution >= 4 is 21.8 Å². The minimum atomic E-state index is -0.236. The van der Waals surface area contributed by atoms with Crippen LogP contribution in [-0.4, -0.2) is 22.3 Å². The summed E-state index contributed by atoms with van der Waals surface area (Å²) in [5.74, 6) is -0.236. The molecule has 1 N–H and O–H groups in total. The number of pyridine rings is 1. The van der Waals surface area contributed by atoms with Crippen LogP contribution in [-0.2, 0) is 6.42 Å². The van der Waals surface area contributed by atoms with Crippen molar-refractivity contribution < 1.29 is 4.79 Å². The average molecular weight is 344 g/mol. The molecule has 0 spiro atoms. The third-order valence-corrected chi connectivity index (χ3v) is 3.75. The summed E-state index contributed by atoms with van der Waals surface area (Å²) in [5, 5.41) is 12.3. The van der Waals surface area contributed by atoms with Gasteiger partial charge < -0.3 is 5.32 Å². The molecule has 0 aliphatic carbocycles. The summed E-state index contributed by atoms with van der Waals surface area (Å²) in [6, 6.07) is 15.1. The number of aromatic nitrogens is 1. The van der Waals surface area contributed by atoms with Crippen molar-refractivity contribution in [3.63, 3.8) is 0 Å². The van der Waals surface area contributed by atoms with Crippen molar-refractivity contribution in [3.8, 4) is 6.07 Å². The van der Waals surface area contributed by atoms with Crippen molar-refractivity contribution in [1.82, 2.24) is 10.3 Å². The predicted molar refractivity (Wildman–Crippen MR) is 84.1 cm³/mol. The third-order valence-electron chi connectivity index (χ3n) is 2.97. The van der Waals surface area contributed by atoms with Crippen molar-refractivity contribution in [2.45, 2.75) is 12.5 Å². The molecule has 1 atom stereocenters. The van der Waals surface area contributed by atoms with Gasteiger partial charge in [-0.1, -0.05) is 46.3 Å². The molecular weight excluding hydrogens is 330 g/mol. The first-order chi connectivity index (χ1) is 10.2. The fourth-order valence-electron chi connectivity index (χ4n) is 1.90. The molecule has 106 valence electrons. The molecule has 0 aliphatic heterocycles. The molecule has 2 rings (SSSR count). The molecule has 0 fully saturated rings. The molecule has 0 bridgehead atoms. The number of carbonyl (C=O) groups is 1. The summed E-state index contributed by atoms with van der Waals surface area (Å²) in [4.78, 5) is 16.1. The maximum absolute atomic E-state index is 12.1. The lowest BCUT2D eigenvalue weighted by atomic mass is 10.1. The van der Waals surface area contributed by atoms with Crippen LogP contribution in [0.1, 0.15) is 21.6 Å². The van der Waals surface area contributed by atoms with Crippen LogP contribution in [0.15, 0.2) is 48.7 Å². The first-order valence-corrected chi connectivity index (χ1v) is 7.62. The maximum atomic E-state index is 12.1. The van der Waals surface area contributed by atoms with Crippen LogP contribution >= 0.6 is 15.9 Å². The van der Waals surface area contributed by atoms with Gasteiger partial charge in [-0.3, -0.25) is 4.79 Å². The van der Waals surface area contributed by atoms with Gasteiger partial charge in [0.1, 0.15) is 11.8 Å². The molecular formula is C16H14BrN3O. The Bertz CT molecular complexity index is 635. The van der Waals surface area contributed by atoms with Crippen LogP contribution in [0, 0.1) is 11.3 Å². The largest absolute Gasteiger partial charge is 0.347 e. The van der Waals surface area contributed by atoms with E-state index < -0.39 is 0 Å². The van der Waals surface area contributed by atoms with E-state index in [4.69, 9.17) is 5.26 Å². The van der Waals surface area contributed by atoms with Crippen LogP contribution in [0.3, 0.4) is 0 Å². The number of alkyl halides is 1. The molecule has 5 heteroatoms. The molecule has 1 heterocycles.